The van der Waals surface area contributed by atoms with E-state index in [1.807, 2.05) is 48.5 Å². The van der Waals surface area contributed by atoms with Gasteiger partial charge in [0.25, 0.3) is 11.8 Å². The number of benzene rings is 3. The lowest BCUT2D eigenvalue weighted by molar-refractivity contribution is -0.114. The van der Waals surface area contributed by atoms with Crippen molar-refractivity contribution in [3.05, 3.63) is 98.9 Å². The third kappa shape index (κ3) is 4.43. The maximum atomic E-state index is 13.1. The number of carbonyl (C=O) groups excluding carboxylic acids is 2. The molecule has 0 fully saturated rings. The number of likely N-dealkylation sites (N-methyl/N-ethyl adjacent to an activating group) is 1. The number of anilines is 1. The van der Waals surface area contributed by atoms with Crippen LogP contribution in [0.2, 0.25) is 5.02 Å². The minimum atomic E-state index is -0.120. The number of thioether (sulfide) groups is 1. The van der Waals surface area contributed by atoms with Gasteiger partial charge in [0, 0.05) is 22.5 Å². The lowest BCUT2D eigenvalue weighted by atomic mass is 9.87. The van der Waals surface area contributed by atoms with Crippen LogP contribution in [0.3, 0.4) is 0 Å². The van der Waals surface area contributed by atoms with Crippen LogP contribution in [0.1, 0.15) is 45.9 Å². The van der Waals surface area contributed by atoms with Crippen molar-refractivity contribution in [1.82, 2.24) is 5.32 Å². The first-order chi connectivity index (χ1) is 16.0. The van der Waals surface area contributed by atoms with Crippen molar-refractivity contribution in [2.45, 2.75) is 30.2 Å². The fourth-order valence-corrected chi connectivity index (χ4v) is 5.72. The summed E-state index contributed by atoms with van der Waals surface area (Å²) in [5.41, 5.74) is 4.68. The summed E-state index contributed by atoms with van der Waals surface area (Å²) in [7, 11) is 1.74. The second-order valence-corrected chi connectivity index (χ2v) is 9.85. The smallest absolute Gasteiger partial charge is 0.264 e. The van der Waals surface area contributed by atoms with E-state index in [9.17, 15) is 9.59 Å². The second-order valence-electron chi connectivity index (χ2n) is 8.33. The van der Waals surface area contributed by atoms with Crippen LogP contribution in [0.25, 0.3) is 6.08 Å². The van der Waals surface area contributed by atoms with Gasteiger partial charge in [-0.1, -0.05) is 59.8 Å². The Morgan fingerprint density at radius 3 is 2.82 bits per heavy atom. The first kappa shape index (κ1) is 21.8. The molecule has 1 aliphatic carbocycles. The standard InChI is InChI=1S/C27H23ClN2O2S/c1-30-23-16-19(26(31)29-22-11-5-8-18-7-2-3-10-21(18)22)12-13-24(23)33-25(27(30)32)15-17-6-4-9-20(28)14-17/h2-4,6-7,9-10,12-16,22H,5,8,11H2,1H3,(H,29,31)/b25-15-/t22-/m0/s1. The van der Waals surface area contributed by atoms with Gasteiger partial charge in [0.1, 0.15) is 0 Å². The molecule has 0 saturated carbocycles. The molecule has 0 unspecified atom stereocenters. The maximum Gasteiger partial charge on any atom is 0.264 e. The molecule has 0 aromatic heterocycles. The number of rotatable bonds is 3. The molecule has 0 saturated heterocycles. The van der Waals surface area contributed by atoms with Crippen molar-refractivity contribution in [3.8, 4) is 0 Å². The highest BCUT2D eigenvalue weighted by molar-refractivity contribution is 8.04. The second kappa shape index (κ2) is 9.08. The largest absolute Gasteiger partial charge is 0.345 e. The van der Waals surface area contributed by atoms with Crippen molar-refractivity contribution >= 4 is 46.9 Å². The van der Waals surface area contributed by atoms with Gasteiger partial charge < -0.3 is 10.2 Å². The number of hydrogen-bond donors (Lipinski definition) is 1. The zero-order chi connectivity index (χ0) is 22.9. The molecule has 166 valence electrons. The monoisotopic (exact) mass is 474 g/mol. The SMILES string of the molecule is CN1C(=O)/C(=C/c2cccc(Cl)c2)Sc2ccc(C(=O)N[C@H]3CCCc4ccccc43)cc21. The molecule has 5 rings (SSSR count). The average Bonchev–Trinajstić information content (AvgIpc) is 2.82. The molecule has 1 atom stereocenters. The molecule has 2 amide bonds. The Balaban J connectivity index is 1.38. The van der Waals surface area contributed by atoms with Crippen molar-refractivity contribution in [2.24, 2.45) is 0 Å². The van der Waals surface area contributed by atoms with Crippen LogP contribution in [-0.4, -0.2) is 18.9 Å². The van der Waals surface area contributed by atoms with Crippen LogP contribution in [0.4, 0.5) is 5.69 Å². The molecular formula is C27H23ClN2O2S. The predicted octanol–water partition coefficient (Wildman–Crippen LogP) is 6.26. The average molecular weight is 475 g/mol. The Kier molecular flexibility index (Phi) is 6.00. The first-order valence-electron chi connectivity index (χ1n) is 11.0. The molecular weight excluding hydrogens is 452 g/mol. The highest BCUT2D eigenvalue weighted by Gasteiger charge is 2.28. The van der Waals surface area contributed by atoms with Crippen LogP contribution < -0.4 is 10.2 Å². The number of amides is 2. The quantitative estimate of drug-likeness (QED) is 0.456. The Bertz CT molecular complexity index is 1290. The Morgan fingerprint density at radius 1 is 1.12 bits per heavy atom. The van der Waals surface area contributed by atoms with Crippen LogP contribution in [0.5, 0.6) is 0 Å². The van der Waals surface area contributed by atoms with E-state index in [1.165, 1.54) is 22.9 Å². The van der Waals surface area contributed by atoms with Crippen molar-refractivity contribution < 1.29 is 9.59 Å². The topological polar surface area (TPSA) is 49.4 Å². The first-order valence-corrected chi connectivity index (χ1v) is 12.1. The molecule has 0 spiro atoms. The number of fused-ring (bicyclic) bond motifs is 2. The lowest BCUT2D eigenvalue weighted by Crippen LogP contribution is -2.32. The van der Waals surface area contributed by atoms with Crippen molar-refractivity contribution in [1.29, 1.82) is 0 Å². The number of carbonyl (C=O) groups is 2. The molecule has 1 N–H and O–H groups in total. The molecule has 0 bridgehead atoms. The number of halogens is 1. The van der Waals surface area contributed by atoms with E-state index < -0.39 is 0 Å². The van der Waals surface area contributed by atoms with Crippen LogP contribution in [0, 0.1) is 0 Å². The highest BCUT2D eigenvalue weighted by Crippen LogP contribution is 2.42. The van der Waals surface area contributed by atoms with Gasteiger partial charge in [-0.05, 0) is 72.4 Å². The number of nitrogens with zero attached hydrogens (tertiary/aromatic N) is 1. The number of aryl methyl sites for hydroxylation is 1. The summed E-state index contributed by atoms with van der Waals surface area (Å²) in [4.78, 5) is 29.3. The molecule has 0 radical (unpaired) electrons. The van der Waals surface area contributed by atoms with E-state index in [4.69, 9.17) is 11.6 Å². The van der Waals surface area contributed by atoms with Gasteiger partial charge in [-0.2, -0.15) is 0 Å². The summed E-state index contributed by atoms with van der Waals surface area (Å²) >= 11 is 7.50. The third-order valence-electron chi connectivity index (χ3n) is 6.14. The molecule has 3 aromatic carbocycles. The van der Waals surface area contributed by atoms with Crippen LogP contribution >= 0.6 is 23.4 Å². The molecule has 6 heteroatoms. The maximum absolute atomic E-state index is 13.1. The van der Waals surface area contributed by atoms with Gasteiger partial charge in [-0.3, -0.25) is 9.59 Å². The minimum absolute atomic E-state index is 0.0134. The third-order valence-corrected chi connectivity index (χ3v) is 7.45. The molecule has 3 aromatic rings. The summed E-state index contributed by atoms with van der Waals surface area (Å²) in [5.74, 6) is -0.225. The van der Waals surface area contributed by atoms with Crippen LogP contribution in [0.15, 0.2) is 76.5 Å². The zero-order valence-corrected chi connectivity index (χ0v) is 19.7. The van der Waals surface area contributed by atoms with Crippen LogP contribution in [-0.2, 0) is 11.2 Å². The summed E-state index contributed by atoms with van der Waals surface area (Å²) in [5, 5.41) is 3.83. The van der Waals surface area contributed by atoms with Crippen molar-refractivity contribution in [2.75, 3.05) is 11.9 Å². The number of nitrogens with one attached hydrogen (secondary N) is 1. The van der Waals surface area contributed by atoms with E-state index in [0.717, 1.165) is 35.4 Å². The van der Waals surface area contributed by atoms with Gasteiger partial charge in [0.2, 0.25) is 0 Å². The molecule has 1 aliphatic heterocycles. The summed E-state index contributed by atoms with van der Waals surface area (Å²) in [6, 6.07) is 21.3. The molecule has 4 nitrogen and oxygen atoms in total. The van der Waals surface area contributed by atoms with E-state index in [2.05, 4.69) is 17.4 Å². The summed E-state index contributed by atoms with van der Waals surface area (Å²) < 4.78 is 0. The van der Waals surface area contributed by atoms with E-state index in [0.29, 0.717) is 15.5 Å². The van der Waals surface area contributed by atoms with Gasteiger partial charge in [-0.15, -0.1) is 0 Å². The normalized spacial score (nSPS) is 18.6. The lowest BCUT2D eigenvalue weighted by Gasteiger charge is -2.28. The van der Waals surface area contributed by atoms with E-state index in [1.54, 1.807) is 24.1 Å². The molecule has 33 heavy (non-hydrogen) atoms. The van der Waals surface area contributed by atoms with Gasteiger partial charge >= 0.3 is 0 Å². The fourth-order valence-electron chi connectivity index (χ4n) is 4.43. The minimum Gasteiger partial charge on any atom is -0.345 e. The predicted molar refractivity (Wildman–Crippen MR) is 135 cm³/mol. The van der Waals surface area contributed by atoms with Crippen molar-refractivity contribution in [3.63, 3.8) is 0 Å². The Hall–Kier alpha value is -3.02. The summed E-state index contributed by atoms with van der Waals surface area (Å²) in [6.45, 7) is 0. The molecule has 1 heterocycles. The fraction of sp³-hybridized carbons (Fsp3) is 0.185. The highest BCUT2D eigenvalue weighted by atomic mass is 35.5. The Morgan fingerprint density at radius 2 is 1.97 bits per heavy atom. The van der Waals surface area contributed by atoms with Gasteiger partial charge in [-0.25, -0.2) is 0 Å². The molecule has 2 aliphatic rings. The van der Waals surface area contributed by atoms with E-state index >= 15 is 0 Å². The Labute approximate surface area is 202 Å². The van der Waals surface area contributed by atoms with Gasteiger partial charge in [0.15, 0.2) is 0 Å². The van der Waals surface area contributed by atoms with E-state index in [-0.39, 0.29) is 17.9 Å². The summed E-state index contributed by atoms with van der Waals surface area (Å²) in [6.07, 6.45) is 4.89. The zero-order valence-electron chi connectivity index (χ0n) is 18.2. The van der Waals surface area contributed by atoms with Gasteiger partial charge in [0.05, 0.1) is 16.6 Å². The number of hydrogen-bond acceptors (Lipinski definition) is 3.